The van der Waals surface area contributed by atoms with Crippen molar-refractivity contribution in [2.75, 3.05) is 5.75 Å². The second kappa shape index (κ2) is 7.95. The van der Waals surface area contributed by atoms with E-state index in [4.69, 9.17) is 0 Å². The van der Waals surface area contributed by atoms with Crippen LogP contribution in [0.2, 0.25) is 0 Å². The van der Waals surface area contributed by atoms with E-state index < -0.39 is 17.9 Å². The smallest absolute Gasteiger partial charge is 0.543 e. The van der Waals surface area contributed by atoms with E-state index in [1.54, 1.807) is 0 Å². The van der Waals surface area contributed by atoms with Gasteiger partial charge in [0.1, 0.15) is 11.4 Å². The number of hydrogen-bond donors (Lipinski definition) is 1. The molecule has 0 saturated carbocycles. The summed E-state index contributed by atoms with van der Waals surface area (Å²) in [5.74, 6) is -1.56. The standard InChI is InChI=1S/C15H14N2O4S.K/c18-11(8-9-4-2-1-3-5-9)16-12-13(19)17-10(15(20)21)6-7-22-14(12)17;/h1-6,12,14H,7-8H2,(H,16,18)(H,20,21);/q;+1/p-1/t12?,14-;/m0./s1. The zero-order valence-electron chi connectivity index (χ0n) is 12.5. The van der Waals surface area contributed by atoms with E-state index in [2.05, 4.69) is 5.32 Å². The van der Waals surface area contributed by atoms with Gasteiger partial charge in [0.25, 0.3) is 5.91 Å². The molecule has 6 nitrogen and oxygen atoms in total. The van der Waals surface area contributed by atoms with Crippen molar-refractivity contribution in [3.05, 3.63) is 47.7 Å². The molecule has 114 valence electrons. The van der Waals surface area contributed by atoms with Crippen LogP contribution in [0.15, 0.2) is 42.1 Å². The van der Waals surface area contributed by atoms with Gasteiger partial charge < -0.3 is 15.2 Å². The van der Waals surface area contributed by atoms with E-state index in [-0.39, 0.29) is 74.8 Å². The third kappa shape index (κ3) is 3.89. The van der Waals surface area contributed by atoms with Crippen LogP contribution in [0.1, 0.15) is 5.56 Å². The first kappa shape index (κ1) is 18.7. The van der Waals surface area contributed by atoms with Gasteiger partial charge in [0, 0.05) is 5.75 Å². The molecule has 2 amide bonds. The molecular formula is C15H13KN2O4S. The molecule has 23 heavy (non-hydrogen) atoms. The molecule has 0 spiro atoms. The number of aliphatic carboxylic acids is 1. The Morgan fingerprint density at radius 2 is 2.00 bits per heavy atom. The molecule has 1 aromatic carbocycles. The fraction of sp³-hybridized carbons (Fsp3) is 0.267. The van der Waals surface area contributed by atoms with Crippen LogP contribution in [-0.4, -0.2) is 39.9 Å². The molecule has 2 heterocycles. The monoisotopic (exact) mass is 356 g/mol. The van der Waals surface area contributed by atoms with Crippen molar-refractivity contribution in [3.63, 3.8) is 0 Å². The van der Waals surface area contributed by atoms with Gasteiger partial charge in [-0.1, -0.05) is 30.3 Å². The Bertz CT molecular complexity index is 665. The molecule has 1 aromatic rings. The second-order valence-electron chi connectivity index (χ2n) is 5.02. The number of carbonyl (C=O) groups excluding carboxylic acids is 3. The second-order valence-corrected chi connectivity index (χ2v) is 6.17. The molecule has 2 aliphatic heterocycles. The molecule has 1 saturated heterocycles. The number of benzene rings is 1. The fourth-order valence-corrected chi connectivity index (χ4v) is 3.73. The average Bonchev–Trinajstić information content (AvgIpc) is 2.52. The topological polar surface area (TPSA) is 89.5 Å². The number of carboxylic acid groups (broad SMARTS) is 1. The number of hydrogen-bond acceptors (Lipinski definition) is 5. The number of amides is 2. The number of nitrogens with one attached hydrogen (secondary N) is 1. The summed E-state index contributed by atoms with van der Waals surface area (Å²) in [4.78, 5) is 36.2. The number of carbonyl (C=O) groups is 3. The van der Waals surface area contributed by atoms with Crippen molar-refractivity contribution in [1.82, 2.24) is 10.2 Å². The van der Waals surface area contributed by atoms with Crippen molar-refractivity contribution < 1.29 is 70.9 Å². The normalized spacial score (nSPS) is 22.2. The first-order valence-corrected chi connectivity index (χ1v) is 7.82. The van der Waals surface area contributed by atoms with Crippen LogP contribution in [-0.2, 0) is 20.8 Å². The number of rotatable bonds is 4. The van der Waals surface area contributed by atoms with Crippen molar-refractivity contribution in [2.45, 2.75) is 17.8 Å². The van der Waals surface area contributed by atoms with Crippen LogP contribution in [0.5, 0.6) is 0 Å². The van der Waals surface area contributed by atoms with Gasteiger partial charge in [0.05, 0.1) is 18.1 Å². The molecule has 0 bridgehead atoms. The first-order chi connectivity index (χ1) is 10.6. The molecule has 3 rings (SSSR count). The van der Waals surface area contributed by atoms with Gasteiger partial charge in [-0.2, -0.15) is 0 Å². The number of carboxylic acids is 1. The zero-order valence-corrected chi connectivity index (χ0v) is 16.5. The molecule has 2 atom stereocenters. The van der Waals surface area contributed by atoms with E-state index in [1.165, 1.54) is 22.7 Å². The van der Waals surface area contributed by atoms with Crippen molar-refractivity contribution in [2.24, 2.45) is 0 Å². The van der Waals surface area contributed by atoms with Crippen LogP contribution in [0.4, 0.5) is 0 Å². The summed E-state index contributed by atoms with van der Waals surface area (Å²) in [5.41, 5.74) is 0.748. The molecule has 1 N–H and O–H groups in total. The number of β-lactam (4-membered cyclic amide) rings is 1. The molecule has 1 fully saturated rings. The van der Waals surface area contributed by atoms with Crippen LogP contribution >= 0.6 is 11.8 Å². The summed E-state index contributed by atoms with van der Waals surface area (Å²) >= 11 is 1.42. The van der Waals surface area contributed by atoms with Gasteiger partial charge in [0.2, 0.25) is 5.91 Å². The minimum Gasteiger partial charge on any atom is -0.543 e. The van der Waals surface area contributed by atoms with Crippen LogP contribution < -0.4 is 61.8 Å². The molecule has 0 radical (unpaired) electrons. The summed E-state index contributed by atoms with van der Waals surface area (Å²) in [6.07, 6.45) is 1.64. The minimum absolute atomic E-state index is 0. The Morgan fingerprint density at radius 1 is 1.30 bits per heavy atom. The average molecular weight is 356 g/mol. The summed E-state index contributed by atoms with van der Waals surface area (Å²) in [6.45, 7) is 0. The van der Waals surface area contributed by atoms with E-state index in [0.717, 1.165) is 5.56 Å². The maximum atomic E-state index is 12.1. The van der Waals surface area contributed by atoms with E-state index in [9.17, 15) is 19.5 Å². The molecular weight excluding hydrogens is 343 g/mol. The maximum absolute atomic E-state index is 12.1. The Morgan fingerprint density at radius 3 is 2.65 bits per heavy atom. The van der Waals surface area contributed by atoms with Gasteiger partial charge in [0.15, 0.2) is 0 Å². The first-order valence-electron chi connectivity index (χ1n) is 6.77. The van der Waals surface area contributed by atoms with Gasteiger partial charge in [-0.25, -0.2) is 0 Å². The molecule has 0 aromatic heterocycles. The molecule has 0 aliphatic carbocycles. The summed E-state index contributed by atoms with van der Waals surface area (Å²) in [7, 11) is 0. The third-order valence-electron chi connectivity index (χ3n) is 3.58. The summed E-state index contributed by atoms with van der Waals surface area (Å²) in [6, 6.07) is 8.53. The number of thioether (sulfide) groups is 1. The number of fused-ring (bicyclic) bond motifs is 1. The Labute approximate surface area is 180 Å². The summed E-state index contributed by atoms with van der Waals surface area (Å²) < 4.78 is 0. The number of nitrogens with zero attached hydrogens (tertiary/aromatic N) is 1. The molecule has 8 heteroatoms. The van der Waals surface area contributed by atoms with Gasteiger partial charge in [-0.15, -0.1) is 11.8 Å². The van der Waals surface area contributed by atoms with Crippen LogP contribution in [0.3, 0.4) is 0 Å². The van der Waals surface area contributed by atoms with Gasteiger partial charge in [-0.05, 0) is 11.6 Å². The Hall–Kier alpha value is -0.644. The minimum atomic E-state index is -1.37. The van der Waals surface area contributed by atoms with Crippen molar-refractivity contribution >= 4 is 29.5 Å². The third-order valence-corrected chi connectivity index (χ3v) is 4.76. The van der Waals surface area contributed by atoms with E-state index in [1.807, 2.05) is 30.3 Å². The Kier molecular flexibility index (Phi) is 6.46. The predicted octanol–water partition coefficient (Wildman–Crippen LogP) is -3.73. The SMILES string of the molecule is O=C(Cc1ccccc1)NC1C(=O)N2C(C(=O)[O-])=CCS[C@@H]12.[K+]. The predicted molar refractivity (Wildman–Crippen MR) is 78.3 cm³/mol. The largest absolute Gasteiger partial charge is 1.00 e. The van der Waals surface area contributed by atoms with Crippen LogP contribution in [0.25, 0.3) is 0 Å². The summed E-state index contributed by atoms with van der Waals surface area (Å²) in [5, 5.41) is 13.3. The Balaban J connectivity index is 0.00000192. The molecule has 2 aliphatic rings. The van der Waals surface area contributed by atoms with Crippen molar-refractivity contribution in [1.29, 1.82) is 0 Å². The van der Waals surface area contributed by atoms with Gasteiger partial charge in [-0.3, -0.25) is 14.5 Å². The van der Waals surface area contributed by atoms with Crippen LogP contribution in [0, 0.1) is 0 Å². The van der Waals surface area contributed by atoms with Gasteiger partial charge >= 0.3 is 51.4 Å². The maximum Gasteiger partial charge on any atom is 1.00 e. The fourth-order valence-electron chi connectivity index (χ4n) is 2.54. The molecule has 1 unspecified atom stereocenters. The van der Waals surface area contributed by atoms with E-state index in [0.29, 0.717) is 5.75 Å². The van der Waals surface area contributed by atoms with E-state index >= 15 is 0 Å². The quantitative estimate of drug-likeness (QED) is 0.443. The zero-order chi connectivity index (χ0) is 15.7. The van der Waals surface area contributed by atoms with Crippen molar-refractivity contribution in [3.8, 4) is 0 Å².